The van der Waals surface area contributed by atoms with E-state index in [1.807, 2.05) is 22.6 Å². The minimum atomic E-state index is -3.76. The van der Waals surface area contributed by atoms with Gasteiger partial charge in [-0.1, -0.05) is 0 Å². The van der Waals surface area contributed by atoms with Crippen molar-refractivity contribution in [1.82, 2.24) is 0 Å². The number of halogens is 4. The molecule has 0 unspecified atom stereocenters. The fraction of sp³-hybridized carbons (Fsp3) is 0.294. The van der Waals surface area contributed by atoms with Crippen LogP contribution in [-0.2, 0) is 10.0 Å². The summed E-state index contributed by atoms with van der Waals surface area (Å²) in [7, 11) is -3.76. The largest absolute Gasteiger partial charge is 0.491 e. The van der Waals surface area contributed by atoms with E-state index < -0.39 is 38.4 Å². The predicted octanol–water partition coefficient (Wildman–Crippen LogP) is 4.75. The van der Waals surface area contributed by atoms with E-state index >= 15 is 0 Å². The van der Waals surface area contributed by atoms with E-state index in [9.17, 15) is 21.6 Å². The molecule has 3 rings (SSSR count). The molecule has 1 saturated carbocycles. The summed E-state index contributed by atoms with van der Waals surface area (Å²) in [4.78, 5) is 0. The molecule has 5 nitrogen and oxygen atoms in total. The van der Waals surface area contributed by atoms with Crippen molar-refractivity contribution in [3.63, 3.8) is 0 Å². The third-order valence-corrected chi connectivity index (χ3v) is 6.61. The number of nitrogens with one attached hydrogen (secondary N) is 2. The smallest absolute Gasteiger partial charge is 0.235 e. The number of sulfonamides is 1. The average molecular weight is 512 g/mol. The van der Waals surface area contributed by atoms with Crippen LogP contribution in [0.4, 0.5) is 30.2 Å². The first-order valence-electron chi connectivity index (χ1n) is 8.11. The van der Waals surface area contributed by atoms with Gasteiger partial charge in [0.25, 0.3) is 0 Å². The van der Waals surface area contributed by atoms with E-state index in [4.69, 9.17) is 4.74 Å². The van der Waals surface area contributed by atoms with Crippen LogP contribution in [0.25, 0.3) is 0 Å². The fourth-order valence-electron chi connectivity index (χ4n) is 2.42. The molecule has 0 aliphatic heterocycles. The van der Waals surface area contributed by atoms with Gasteiger partial charge in [0.2, 0.25) is 10.0 Å². The van der Waals surface area contributed by atoms with Crippen LogP contribution >= 0.6 is 22.6 Å². The van der Waals surface area contributed by atoms with Crippen LogP contribution in [0.2, 0.25) is 0 Å². The summed E-state index contributed by atoms with van der Waals surface area (Å²) in [5, 5.41) is 2.09. The maximum absolute atomic E-state index is 14.6. The number of benzene rings is 2. The lowest BCUT2D eigenvalue weighted by molar-refractivity contribution is 0.338. The Bertz CT molecular complexity index is 982. The highest BCUT2D eigenvalue weighted by Crippen LogP contribution is 2.41. The molecule has 1 fully saturated rings. The zero-order valence-electron chi connectivity index (χ0n) is 14.2. The first-order chi connectivity index (χ1) is 12.7. The Kier molecular flexibility index (Phi) is 5.75. The molecule has 27 heavy (non-hydrogen) atoms. The highest BCUT2D eigenvalue weighted by Gasteiger charge is 2.37. The van der Waals surface area contributed by atoms with Gasteiger partial charge in [0.1, 0.15) is 22.9 Å². The zero-order valence-corrected chi connectivity index (χ0v) is 17.1. The van der Waals surface area contributed by atoms with E-state index in [0.29, 0.717) is 16.4 Å². The normalized spacial score (nSPS) is 14.1. The molecule has 0 saturated heterocycles. The minimum absolute atomic E-state index is 0.122. The van der Waals surface area contributed by atoms with Gasteiger partial charge in [-0.15, -0.1) is 0 Å². The average Bonchev–Trinajstić information content (AvgIpc) is 3.43. The van der Waals surface area contributed by atoms with Crippen molar-refractivity contribution in [3.05, 3.63) is 45.3 Å². The number of hydrogen-bond acceptors (Lipinski definition) is 4. The maximum atomic E-state index is 14.6. The maximum Gasteiger partial charge on any atom is 0.235 e. The lowest BCUT2D eigenvalue weighted by Gasteiger charge is -2.19. The first kappa shape index (κ1) is 20.1. The van der Waals surface area contributed by atoms with Crippen LogP contribution < -0.4 is 14.8 Å². The Morgan fingerprint density at radius 3 is 2.48 bits per heavy atom. The highest BCUT2D eigenvalue weighted by atomic mass is 127. The lowest BCUT2D eigenvalue weighted by atomic mass is 10.2. The molecule has 0 amide bonds. The first-order valence-corrected chi connectivity index (χ1v) is 10.7. The summed E-state index contributed by atoms with van der Waals surface area (Å²) < 4.78 is 74.7. The monoisotopic (exact) mass is 512 g/mol. The molecule has 146 valence electrons. The Morgan fingerprint density at radius 1 is 1.19 bits per heavy atom. The van der Waals surface area contributed by atoms with Crippen LogP contribution in [0.15, 0.2) is 24.3 Å². The highest BCUT2D eigenvalue weighted by molar-refractivity contribution is 14.1. The van der Waals surface area contributed by atoms with Gasteiger partial charge in [-0.2, -0.15) is 0 Å². The molecule has 0 atom stereocenters. The molecular formula is C17H16F3IN2O3S. The third kappa shape index (κ3) is 4.42. The van der Waals surface area contributed by atoms with Gasteiger partial charge in [-0.25, -0.2) is 21.6 Å². The topological polar surface area (TPSA) is 67.4 Å². The summed E-state index contributed by atoms with van der Waals surface area (Å²) in [5.74, 6) is -3.10. The standard InChI is InChI=1S/C17H16F3IN2O3S/c1-2-26-14-8-11(19)15(20)17(16(14)23-27(24,25)10-4-5-10)22-13-6-3-9(18)7-12(13)21/h3,6-8,10,22-23H,2,4-5H2,1H3. The summed E-state index contributed by atoms with van der Waals surface area (Å²) in [5.41, 5.74) is -0.356. The van der Waals surface area contributed by atoms with Crippen molar-refractivity contribution in [2.45, 2.75) is 25.0 Å². The van der Waals surface area contributed by atoms with Crippen LogP contribution in [0, 0.1) is 21.0 Å². The number of rotatable bonds is 7. The number of anilines is 3. The van der Waals surface area contributed by atoms with Crippen LogP contribution in [0.5, 0.6) is 5.75 Å². The van der Waals surface area contributed by atoms with Crippen LogP contribution in [0.3, 0.4) is 0 Å². The number of hydrogen-bond donors (Lipinski definition) is 2. The van der Waals surface area contributed by atoms with Crippen molar-refractivity contribution in [3.8, 4) is 5.75 Å². The second-order valence-electron chi connectivity index (χ2n) is 5.95. The van der Waals surface area contributed by atoms with Gasteiger partial charge in [-0.3, -0.25) is 4.72 Å². The Labute approximate surface area is 168 Å². The second-order valence-corrected chi connectivity index (χ2v) is 9.07. The van der Waals surface area contributed by atoms with Gasteiger partial charge in [0.05, 0.1) is 17.5 Å². The van der Waals surface area contributed by atoms with E-state index in [-0.39, 0.29) is 23.7 Å². The number of ether oxygens (including phenoxy) is 1. The van der Waals surface area contributed by atoms with Gasteiger partial charge in [0, 0.05) is 9.64 Å². The van der Waals surface area contributed by atoms with Crippen molar-refractivity contribution >= 4 is 49.7 Å². The predicted molar refractivity (Wildman–Crippen MR) is 105 cm³/mol. The quantitative estimate of drug-likeness (QED) is 0.526. The van der Waals surface area contributed by atoms with Crippen LogP contribution in [-0.4, -0.2) is 20.3 Å². The SMILES string of the molecule is CCOc1cc(F)c(F)c(Nc2ccc(F)cc2I)c1NS(=O)(=O)C1CC1. The molecule has 0 spiro atoms. The van der Waals surface area contributed by atoms with Crippen molar-refractivity contribution in [2.24, 2.45) is 0 Å². The molecule has 1 aliphatic rings. The Morgan fingerprint density at radius 2 is 1.89 bits per heavy atom. The molecule has 2 aromatic carbocycles. The molecule has 10 heteroatoms. The summed E-state index contributed by atoms with van der Waals surface area (Å²) in [6.07, 6.45) is 1.00. The molecule has 1 aliphatic carbocycles. The van der Waals surface area contributed by atoms with E-state index in [1.54, 1.807) is 6.92 Å². The van der Waals surface area contributed by atoms with E-state index in [2.05, 4.69) is 10.0 Å². The van der Waals surface area contributed by atoms with E-state index in [0.717, 1.165) is 12.1 Å². The molecule has 0 radical (unpaired) electrons. The Hall–Kier alpha value is -1.69. The molecule has 0 bridgehead atoms. The molecular weight excluding hydrogens is 496 g/mol. The van der Waals surface area contributed by atoms with Crippen molar-refractivity contribution in [1.29, 1.82) is 0 Å². The van der Waals surface area contributed by atoms with Gasteiger partial charge < -0.3 is 10.1 Å². The van der Waals surface area contributed by atoms with Crippen molar-refractivity contribution < 1.29 is 26.3 Å². The molecule has 2 N–H and O–H groups in total. The van der Waals surface area contributed by atoms with Crippen molar-refractivity contribution in [2.75, 3.05) is 16.6 Å². The van der Waals surface area contributed by atoms with Gasteiger partial charge in [-0.05, 0) is 60.6 Å². The summed E-state index contributed by atoms with van der Waals surface area (Å²) in [6.45, 7) is 1.76. The minimum Gasteiger partial charge on any atom is -0.491 e. The molecule has 0 heterocycles. The Balaban J connectivity index is 2.11. The van der Waals surface area contributed by atoms with E-state index in [1.165, 1.54) is 12.1 Å². The zero-order chi connectivity index (χ0) is 19.8. The summed E-state index contributed by atoms with van der Waals surface area (Å²) >= 11 is 1.83. The van der Waals surface area contributed by atoms with Crippen LogP contribution in [0.1, 0.15) is 19.8 Å². The van der Waals surface area contributed by atoms with Gasteiger partial charge in [0.15, 0.2) is 11.6 Å². The fourth-order valence-corrected chi connectivity index (χ4v) is 4.44. The molecule has 2 aromatic rings. The lowest BCUT2D eigenvalue weighted by Crippen LogP contribution is -2.19. The summed E-state index contributed by atoms with van der Waals surface area (Å²) in [6, 6.07) is 4.50. The molecule has 0 aromatic heterocycles. The second kappa shape index (κ2) is 7.74. The van der Waals surface area contributed by atoms with Gasteiger partial charge >= 0.3 is 0 Å². The third-order valence-electron chi connectivity index (χ3n) is 3.88.